The van der Waals surface area contributed by atoms with Crippen molar-refractivity contribution in [2.45, 2.75) is 76.5 Å². The molecule has 1 amide bonds. The van der Waals surface area contributed by atoms with Crippen LogP contribution < -0.4 is 5.32 Å². The first-order valence-electron chi connectivity index (χ1n) is 12.0. The molecule has 7 nitrogen and oxygen atoms in total. The third-order valence-electron chi connectivity index (χ3n) is 6.47. The summed E-state index contributed by atoms with van der Waals surface area (Å²) in [6.07, 6.45) is -1.25. The molecule has 1 aliphatic heterocycles. The number of carbonyl (C=O) groups excluding carboxylic acids is 1. The standard InChI is InChI=1S/C27H30F2N2O5/c1-4-31-25(32)27(34-15-18-7-5-17(14-30)6-8-18)12-22(24-23(13-27)35-26(2,3)36-24)33-16-19-9-10-20(28)11-21(19)29/h5-11,22-24H,4,12-13,15-16H2,1-3H3,(H,31,32)/t22-,23-,24+,27-/m1/s1. The number of nitrogens with one attached hydrogen (secondary N) is 1. The van der Waals surface area contributed by atoms with Crippen LogP contribution in [0.1, 0.15) is 50.3 Å². The van der Waals surface area contributed by atoms with Crippen molar-refractivity contribution in [3.05, 3.63) is 70.8 Å². The van der Waals surface area contributed by atoms with Crippen LogP contribution in [-0.4, -0.2) is 42.2 Å². The summed E-state index contributed by atoms with van der Waals surface area (Å²) < 4.78 is 52.2. The quantitative estimate of drug-likeness (QED) is 0.586. The van der Waals surface area contributed by atoms with E-state index in [1.807, 2.05) is 6.92 Å². The van der Waals surface area contributed by atoms with E-state index in [4.69, 9.17) is 24.2 Å². The minimum atomic E-state index is -1.29. The third-order valence-corrected chi connectivity index (χ3v) is 6.47. The molecule has 0 unspecified atom stereocenters. The summed E-state index contributed by atoms with van der Waals surface area (Å²) in [5.74, 6) is -2.58. The highest BCUT2D eigenvalue weighted by Gasteiger charge is 2.58. The zero-order chi connectivity index (χ0) is 25.9. The number of rotatable bonds is 8. The largest absolute Gasteiger partial charge is 0.370 e. The Morgan fingerprint density at radius 3 is 2.56 bits per heavy atom. The highest BCUT2D eigenvalue weighted by atomic mass is 19.1. The van der Waals surface area contributed by atoms with Gasteiger partial charge in [-0.1, -0.05) is 18.2 Å². The number of ether oxygens (including phenoxy) is 4. The van der Waals surface area contributed by atoms with Gasteiger partial charge < -0.3 is 24.3 Å². The molecule has 1 heterocycles. The summed E-state index contributed by atoms with van der Waals surface area (Å²) in [6, 6.07) is 12.3. The third kappa shape index (κ3) is 5.73. The summed E-state index contributed by atoms with van der Waals surface area (Å²) in [4.78, 5) is 13.4. The van der Waals surface area contributed by atoms with Gasteiger partial charge >= 0.3 is 0 Å². The van der Waals surface area contributed by atoms with Gasteiger partial charge in [0.05, 0.1) is 37.1 Å². The molecule has 1 aliphatic carbocycles. The molecule has 0 radical (unpaired) electrons. The fourth-order valence-electron chi connectivity index (χ4n) is 4.76. The average Bonchev–Trinajstić information content (AvgIpc) is 3.16. The summed E-state index contributed by atoms with van der Waals surface area (Å²) in [5, 5.41) is 11.9. The van der Waals surface area contributed by atoms with E-state index in [1.54, 1.807) is 38.1 Å². The van der Waals surface area contributed by atoms with Crippen molar-refractivity contribution in [2.24, 2.45) is 0 Å². The lowest BCUT2D eigenvalue weighted by Crippen LogP contribution is -2.60. The van der Waals surface area contributed by atoms with E-state index >= 15 is 0 Å². The summed E-state index contributed by atoms with van der Waals surface area (Å²) in [6.45, 7) is 5.79. The number of nitriles is 1. The maximum absolute atomic E-state index is 14.3. The first kappa shape index (κ1) is 26.2. The van der Waals surface area contributed by atoms with Crippen molar-refractivity contribution in [1.82, 2.24) is 5.32 Å². The minimum Gasteiger partial charge on any atom is -0.370 e. The van der Waals surface area contributed by atoms with Crippen molar-refractivity contribution in [3.8, 4) is 6.07 Å². The predicted molar refractivity (Wildman–Crippen MR) is 125 cm³/mol. The zero-order valence-corrected chi connectivity index (χ0v) is 20.6. The smallest absolute Gasteiger partial charge is 0.252 e. The molecule has 4 rings (SSSR count). The molecule has 36 heavy (non-hydrogen) atoms. The van der Waals surface area contributed by atoms with Crippen molar-refractivity contribution < 1.29 is 32.5 Å². The number of hydrogen-bond donors (Lipinski definition) is 1. The Kier molecular flexibility index (Phi) is 7.71. The SMILES string of the molecule is CCNC(=O)[C@@]1(OCc2ccc(C#N)cc2)C[C@@H](OCc2ccc(F)cc2F)[C@@H]2OC(C)(C)O[C@@H]2C1. The molecule has 2 aromatic carbocycles. The van der Waals surface area contributed by atoms with E-state index in [-0.39, 0.29) is 37.5 Å². The Balaban J connectivity index is 1.59. The molecule has 9 heteroatoms. The van der Waals surface area contributed by atoms with Crippen LogP contribution in [0, 0.1) is 23.0 Å². The number of nitrogens with zero attached hydrogens (tertiary/aromatic N) is 1. The molecule has 1 N–H and O–H groups in total. The van der Waals surface area contributed by atoms with Crippen LogP contribution in [0.15, 0.2) is 42.5 Å². The molecule has 1 saturated carbocycles. The lowest BCUT2D eigenvalue weighted by atomic mass is 9.78. The molecule has 0 aromatic heterocycles. The average molecular weight is 501 g/mol. The van der Waals surface area contributed by atoms with E-state index in [9.17, 15) is 13.6 Å². The van der Waals surface area contributed by atoms with Gasteiger partial charge in [-0.05, 0) is 44.5 Å². The topological polar surface area (TPSA) is 89.8 Å². The second-order valence-electron chi connectivity index (χ2n) is 9.58. The zero-order valence-electron chi connectivity index (χ0n) is 20.6. The van der Waals surface area contributed by atoms with E-state index in [0.29, 0.717) is 12.1 Å². The highest BCUT2D eigenvalue weighted by molar-refractivity contribution is 5.85. The van der Waals surface area contributed by atoms with Crippen molar-refractivity contribution in [2.75, 3.05) is 6.54 Å². The molecule has 192 valence electrons. The maximum atomic E-state index is 14.3. The number of fused-ring (bicyclic) bond motifs is 1. The van der Waals surface area contributed by atoms with Gasteiger partial charge in [-0.2, -0.15) is 5.26 Å². The molecule has 2 aromatic rings. The second kappa shape index (κ2) is 10.6. The number of amides is 1. The van der Waals surface area contributed by atoms with Crippen LogP contribution in [0.5, 0.6) is 0 Å². The van der Waals surface area contributed by atoms with Crippen molar-refractivity contribution in [3.63, 3.8) is 0 Å². The number of benzene rings is 2. The highest BCUT2D eigenvalue weighted by Crippen LogP contribution is 2.44. The normalized spacial score (nSPS) is 26.7. The number of likely N-dealkylation sites (N-methyl/N-ethyl adjacent to an activating group) is 1. The molecule has 2 fully saturated rings. The van der Waals surface area contributed by atoms with Crippen LogP contribution in [-0.2, 0) is 37.0 Å². The molecule has 0 bridgehead atoms. The molecule has 2 aliphatic rings. The number of halogens is 2. The fraction of sp³-hybridized carbons (Fsp3) is 0.481. The van der Waals surface area contributed by atoms with Gasteiger partial charge in [-0.15, -0.1) is 0 Å². The summed E-state index contributed by atoms with van der Waals surface area (Å²) in [5.41, 5.74) is 0.229. The Morgan fingerprint density at radius 1 is 1.14 bits per heavy atom. The lowest BCUT2D eigenvalue weighted by molar-refractivity contribution is -0.183. The van der Waals surface area contributed by atoms with Gasteiger partial charge in [-0.25, -0.2) is 8.78 Å². The Labute approximate surface area is 209 Å². The van der Waals surface area contributed by atoms with E-state index in [0.717, 1.165) is 11.6 Å². The molecule has 0 spiro atoms. The number of carbonyl (C=O) groups is 1. The van der Waals surface area contributed by atoms with Crippen molar-refractivity contribution >= 4 is 5.91 Å². The van der Waals surface area contributed by atoms with Gasteiger partial charge in [0.15, 0.2) is 11.4 Å². The Bertz CT molecular complexity index is 1130. The van der Waals surface area contributed by atoms with Crippen LogP contribution in [0.25, 0.3) is 0 Å². The minimum absolute atomic E-state index is 0.129. The van der Waals surface area contributed by atoms with Crippen LogP contribution in [0.3, 0.4) is 0 Å². The van der Waals surface area contributed by atoms with Crippen LogP contribution >= 0.6 is 0 Å². The first-order chi connectivity index (χ1) is 17.1. The van der Waals surface area contributed by atoms with Crippen molar-refractivity contribution in [1.29, 1.82) is 5.26 Å². The van der Waals surface area contributed by atoms with Gasteiger partial charge in [0.2, 0.25) is 0 Å². The monoisotopic (exact) mass is 500 g/mol. The van der Waals surface area contributed by atoms with Gasteiger partial charge in [0, 0.05) is 31.0 Å². The lowest BCUT2D eigenvalue weighted by Gasteiger charge is -2.43. The van der Waals surface area contributed by atoms with Gasteiger partial charge in [0.1, 0.15) is 17.7 Å². The number of hydrogen-bond acceptors (Lipinski definition) is 6. The molecule has 1 saturated heterocycles. The summed E-state index contributed by atoms with van der Waals surface area (Å²) in [7, 11) is 0. The first-order valence-corrected chi connectivity index (χ1v) is 12.0. The predicted octanol–water partition coefficient (Wildman–Crippen LogP) is 4.13. The van der Waals surface area contributed by atoms with E-state index in [2.05, 4.69) is 11.4 Å². The van der Waals surface area contributed by atoms with Crippen LogP contribution in [0.4, 0.5) is 8.78 Å². The Hall–Kier alpha value is -2.90. The molecular weight excluding hydrogens is 470 g/mol. The second-order valence-corrected chi connectivity index (χ2v) is 9.58. The van der Waals surface area contributed by atoms with E-state index < -0.39 is 41.3 Å². The molecule has 4 atom stereocenters. The maximum Gasteiger partial charge on any atom is 0.252 e. The molecular formula is C27H30F2N2O5. The van der Waals surface area contributed by atoms with Crippen LogP contribution in [0.2, 0.25) is 0 Å². The van der Waals surface area contributed by atoms with Gasteiger partial charge in [-0.3, -0.25) is 4.79 Å². The summed E-state index contributed by atoms with van der Waals surface area (Å²) >= 11 is 0. The Morgan fingerprint density at radius 2 is 1.89 bits per heavy atom. The fourth-order valence-corrected chi connectivity index (χ4v) is 4.76. The van der Waals surface area contributed by atoms with Gasteiger partial charge in [0.25, 0.3) is 5.91 Å². The van der Waals surface area contributed by atoms with E-state index in [1.165, 1.54) is 12.1 Å².